The van der Waals surface area contributed by atoms with Gasteiger partial charge in [0.15, 0.2) is 0 Å². The predicted molar refractivity (Wildman–Crippen MR) is 36.6 cm³/mol. The van der Waals surface area contributed by atoms with Crippen molar-refractivity contribution in [1.82, 2.24) is 10.2 Å². The molecule has 1 atom stereocenters. The van der Waals surface area contributed by atoms with Crippen LogP contribution in [0.25, 0.3) is 0 Å². The van der Waals surface area contributed by atoms with Crippen LogP contribution in [-0.4, -0.2) is 43.6 Å². The van der Waals surface area contributed by atoms with Gasteiger partial charge in [0.1, 0.15) is 6.23 Å². The number of carbonyl (C=O) groups excluding carboxylic acids is 2. The second kappa shape index (κ2) is 3.45. The van der Waals surface area contributed by atoms with Crippen molar-refractivity contribution in [2.45, 2.75) is 6.23 Å². The number of aldehydes is 1. The fourth-order valence-corrected chi connectivity index (χ4v) is 0.870. The van der Waals surface area contributed by atoms with Crippen LogP contribution in [-0.2, 0) is 14.3 Å². The Morgan fingerprint density at radius 2 is 2.55 bits per heavy atom. The lowest BCUT2D eigenvalue weighted by atomic mass is 10.4. The fraction of sp³-hybridized carbons (Fsp3) is 0.667. The highest BCUT2D eigenvalue weighted by Gasteiger charge is 2.22. The van der Waals surface area contributed by atoms with Crippen LogP contribution in [0.15, 0.2) is 0 Å². The lowest BCUT2D eigenvalue weighted by Crippen LogP contribution is -2.39. The molecule has 0 bridgehead atoms. The molecule has 62 valence electrons. The predicted octanol–water partition coefficient (Wildman–Crippen LogP) is -1.45. The third-order valence-electron chi connectivity index (χ3n) is 1.58. The zero-order valence-corrected chi connectivity index (χ0v) is 6.24. The van der Waals surface area contributed by atoms with Gasteiger partial charge >= 0.3 is 0 Å². The van der Waals surface area contributed by atoms with Gasteiger partial charge in [0, 0.05) is 13.6 Å². The van der Waals surface area contributed by atoms with Gasteiger partial charge in [-0.2, -0.15) is 0 Å². The van der Waals surface area contributed by atoms with Crippen molar-refractivity contribution >= 4 is 12.2 Å². The quantitative estimate of drug-likeness (QED) is 0.394. The van der Waals surface area contributed by atoms with Crippen molar-refractivity contribution in [3.63, 3.8) is 0 Å². The Kier molecular flexibility index (Phi) is 2.56. The zero-order chi connectivity index (χ0) is 8.27. The molecule has 0 aliphatic carbocycles. The first-order valence-electron chi connectivity index (χ1n) is 3.30. The lowest BCUT2D eigenvalue weighted by Gasteiger charge is -2.19. The van der Waals surface area contributed by atoms with E-state index in [1.807, 2.05) is 0 Å². The van der Waals surface area contributed by atoms with E-state index >= 15 is 0 Å². The molecule has 1 rings (SSSR count). The molecular weight excluding hydrogens is 148 g/mol. The second-order valence-electron chi connectivity index (χ2n) is 2.29. The second-order valence-corrected chi connectivity index (χ2v) is 2.29. The third-order valence-corrected chi connectivity index (χ3v) is 1.58. The zero-order valence-electron chi connectivity index (χ0n) is 6.24. The van der Waals surface area contributed by atoms with E-state index in [-0.39, 0.29) is 12.5 Å². The van der Waals surface area contributed by atoms with E-state index in [1.165, 1.54) is 11.9 Å². The minimum Gasteiger partial charge on any atom is -0.342 e. The van der Waals surface area contributed by atoms with Gasteiger partial charge in [0.25, 0.3) is 5.91 Å². The Morgan fingerprint density at radius 1 is 1.82 bits per heavy atom. The van der Waals surface area contributed by atoms with Crippen LogP contribution < -0.4 is 5.32 Å². The summed E-state index contributed by atoms with van der Waals surface area (Å²) < 4.78 is 5.07. The molecule has 0 saturated carbocycles. The van der Waals surface area contributed by atoms with Gasteiger partial charge in [-0.15, -0.1) is 0 Å². The summed E-state index contributed by atoms with van der Waals surface area (Å²) in [6, 6.07) is 0. The lowest BCUT2D eigenvalue weighted by molar-refractivity contribution is -0.144. The summed E-state index contributed by atoms with van der Waals surface area (Å²) in [7, 11) is 1.54. The Morgan fingerprint density at radius 3 is 3.00 bits per heavy atom. The van der Waals surface area contributed by atoms with Crippen LogP contribution >= 0.6 is 0 Å². The Balaban J connectivity index is 2.45. The van der Waals surface area contributed by atoms with Gasteiger partial charge in [-0.05, 0) is 0 Å². The van der Waals surface area contributed by atoms with Crippen LogP contribution in [0.1, 0.15) is 0 Å². The van der Waals surface area contributed by atoms with Crippen molar-refractivity contribution in [2.75, 3.05) is 20.3 Å². The molecule has 1 amide bonds. The summed E-state index contributed by atoms with van der Waals surface area (Å²) in [5.41, 5.74) is 0. The van der Waals surface area contributed by atoms with Crippen molar-refractivity contribution in [1.29, 1.82) is 0 Å². The van der Waals surface area contributed by atoms with E-state index < -0.39 is 5.91 Å². The Bertz CT molecular complexity index is 165. The standard InChI is InChI=1S/C6H10N2O3/c1-8(5(10)3-9)6-2-7-4-11-6/h3,6-7H,2,4H2,1H3. The minimum atomic E-state index is -0.557. The number of rotatable bonds is 2. The molecular formula is C6H10N2O3. The molecule has 1 aliphatic heterocycles. The molecule has 0 spiro atoms. The van der Waals surface area contributed by atoms with Gasteiger partial charge in [0.2, 0.25) is 6.29 Å². The molecule has 1 N–H and O–H groups in total. The first-order chi connectivity index (χ1) is 5.25. The van der Waals surface area contributed by atoms with Crippen molar-refractivity contribution in [2.24, 2.45) is 0 Å². The number of amides is 1. The van der Waals surface area contributed by atoms with E-state index in [4.69, 9.17) is 4.74 Å². The van der Waals surface area contributed by atoms with Crippen LogP contribution in [0.2, 0.25) is 0 Å². The number of nitrogens with zero attached hydrogens (tertiary/aromatic N) is 1. The fourth-order valence-electron chi connectivity index (χ4n) is 0.870. The SMILES string of the molecule is CN(C(=O)C=O)C1CNCO1. The monoisotopic (exact) mass is 158 g/mol. The number of nitrogens with one attached hydrogen (secondary N) is 1. The largest absolute Gasteiger partial charge is 0.342 e. The number of hydrogen-bond acceptors (Lipinski definition) is 4. The number of likely N-dealkylation sites (N-methyl/N-ethyl adjacent to an activating group) is 1. The van der Waals surface area contributed by atoms with Crippen molar-refractivity contribution in [3.8, 4) is 0 Å². The average Bonchev–Trinajstić information content (AvgIpc) is 2.53. The highest BCUT2D eigenvalue weighted by atomic mass is 16.5. The maximum Gasteiger partial charge on any atom is 0.288 e. The molecule has 1 unspecified atom stereocenters. The van der Waals surface area contributed by atoms with Gasteiger partial charge in [-0.3, -0.25) is 14.9 Å². The van der Waals surface area contributed by atoms with Crippen LogP contribution in [0.4, 0.5) is 0 Å². The van der Waals surface area contributed by atoms with Gasteiger partial charge in [0.05, 0.1) is 6.73 Å². The van der Waals surface area contributed by atoms with E-state index in [2.05, 4.69) is 5.32 Å². The number of carbonyl (C=O) groups is 2. The van der Waals surface area contributed by atoms with Crippen molar-refractivity contribution in [3.05, 3.63) is 0 Å². The van der Waals surface area contributed by atoms with E-state index in [1.54, 1.807) is 0 Å². The topological polar surface area (TPSA) is 58.6 Å². The first kappa shape index (κ1) is 8.16. The normalized spacial score (nSPS) is 23.2. The van der Waals surface area contributed by atoms with Crippen LogP contribution in [0.5, 0.6) is 0 Å². The van der Waals surface area contributed by atoms with Crippen LogP contribution in [0, 0.1) is 0 Å². The molecule has 1 saturated heterocycles. The molecule has 0 aromatic carbocycles. The van der Waals surface area contributed by atoms with Gasteiger partial charge < -0.3 is 9.64 Å². The summed E-state index contributed by atoms with van der Waals surface area (Å²) in [4.78, 5) is 22.1. The maximum absolute atomic E-state index is 10.7. The Hall–Kier alpha value is -0.940. The number of hydrogen-bond donors (Lipinski definition) is 1. The summed E-state index contributed by atoms with van der Waals surface area (Å²) in [6.07, 6.45) is -0.0190. The molecule has 0 aromatic rings. The molecule has 5 heteroatoms. The molecule has 1 fully saturated rings. The third kappa shape index (κ3) is 1.75. The highest BCUT2D eigenvalue weighted by molar-refractivity contribution is 6.23. The summed E-state index contributed by atoms with van der Waals surface area (Å²) in [5, 5.41) is 2.90. The average molecular weight is 158 g/mol. The first-order valence-corrected chi connectivity index (χ1v) is 3.30. The van der Waals surface area contributed by atoms with Gasteiger partial charge in [-0.1, -0.05) is 0 Å². The minimum absolute atomic E-state index is 0.279. The molecule has 0 radical (unpaired) electrons. The molecule has 5 nitrogen and oxygen atoms in total. The summed E-state index contributed by atoms with van der Waals surface area (Å²) in [6.45, 7) is 1.01. The highest BCUT2D eigenvalue weighted by Crippen LogP contribution is 2.01. The molecule has 1 heterocycles. The van der Waals surface area contributed by atoms with E-state index in [0.717, 1.165) is 0 Å². The van der Waals surface area contributed by atoms with Crippen molar-refractivity contribution < 1.29 is 14.3 Å². The smallest absolute Gasteiger partial charge is 0.288 e. The summed E-state index contributed by atoms with van der Waals surface area (Å²) >= 11 is 0. The van der Waals surface area contributed by atoms with E-state index in [0.29, 0.717) is 13.3 Å². The van der Waals surface area contributed by atoms with E-state index in [9.17, 15) is 9.59 Å². The number of ether oxygens (including phenoxy) is 1. The maximum atomic E-state index is 10.7. The van der Waals surface area contributed by atoms with Crippen LogP contribution in [0.3, 0.4) is 0 Å². The Labute approximate surface area is 64.3 Å². The molecule has 11 heavy (non-hydrogen) atoms. The molecule has 1 aliphatic rings. The molecule has 0 aromatic heterocycles. The summed E-state index contributed by atoms with van der Waals surface area (Å²) in [5.74, 6) is -0.557. The van der Waals surface area contributed by atoms with Gasteiger partial charge in [-0.25, -0.2) is 0 Å².